The number of benzene rings is 3. The van der Waals surface area contributed by atoms with E-state index in [2.05, 4.69) is 0 Å². The van der Waals surface area contributed by atoms with E-state index in [1.54, 1.807) is 12.1 Å². The number of likely N-dealkylation sites (tertiary alicyclic amines) is 1. The number of hydrogen-bond acceptors (Lipinski definition) is 5. The van der Waals surface area contributed by atoms with Gasteiger partial charge in [-0.05, 0) is 60.9 Å². The van der Waals surface area contributed by atoms with Crippen molar-refractivity contribution in [1.82, 2.24) is 4.90 Å². The third-order valence-corrected chi connectivity index (χ3v) is 6.41. The van der Waals surface area contributed by atoms with Crippen LogP contribution in [0.2, 0.25) is 0 Å². The number of rotatable bonds is 6. The summed E-state index contributed by atoms with van der Waals surface area (Å²) < 4.78 is 11.3. The molecule has 3 aromatic rings. The van der Waals surface area contributed by atoms with Gasteiger partial charge in [-0.15, -0.1) is 0 Å². The zero-order valence-corrected chi connectivity index (χ0v) is 19.7. The Balaban J connectivity index is 1.60. The number of aliphatic hydroxyl groups is 1. The van der Waals surface area contributed by atoms with Crippen molar-refractivity contribution in [2.45, 2.75) is 39.0 Å². The number of Topliss-reactive ketones (excluding diaryl/α,β-unsaturated/α-hetero) is 1. The first-order valence-electron chi connectivity index (χ1n) is 11.8. The molecule has 0 saturated carbocycles. The molecule has 178 valence electrons. The van der Waals surface area contributed by atoms with Gasteiger partial charge in [-0.25, -0.2) is 0 Å². The van der Waals surface area contributed by atoms with Crippen molar-refractivity contribution in [3.05, 3.63) is 101 Å². The van der Waals surface area contributed by atoms with E-state index in [4.69, 9.17) is 9.47 Å². The van der Waals surface area contributed by atoms with Crippen molar-refractivity contribution in [2.24, 2.45) is 0 Å². The molecular weight excluding hydrogens is 442 g/mol. The molecule has 2 aliphatic rings. The number of ketones is 1. The van der Waals surface area contributed by atoms with Gasteiger partial charge in [0, 0.05) is 18.5 Å². The van der Waals surface area contributed by atoms with Crippen molar-refractivity contribution >= 4 is 17.4 Å². The van der Waals surface area contributed by atoms with Gasteiger partial charge in [-0.3, -0.25) is 9.59 Å². The van der Waals surface area contributed by atoms with Crippen molar-refractivity contribution in [3.8, 4) is 11.5 Å². The molecule has 6 heteroatoms. The lowest BCUT2D eigenvalue weighted by Crippen LogP contribution is -2.29. The van der Waals surface area contributed by atoms with Crippen LogP contribution in [-0.4, -0.2) is 34.4 Å². The smallest absolute Gasteiger partial charge is 0.295 e. The van der Waals surface area contributed by atoms with E-state index in [1.807, 2.05) is 74.5 Å². The number of hydrogen-bond donors (Lipinski definition) is 1. The lowest BCUT2D eigenvalue weighted by Gasteiger charge is -2.25. The highest BCUT2D eigenvalue weighted by atomic mass is 16.5. The Morgan fingerprint density at radius 2 is 1.80 bits per heavy atom. The summed E-state index contributed by atoms with van der Waals surface area (Å²) in [6, 6.07) is 21.5. The number of carbonyl (C=O) groups excluding carboxylic acids is 2. The summed E-state index contributed by atoms with van der Waals surface area (Å²) in [7, 11) is 0. The molecule has 1 saturated heterocycles. The van der Waals surface area contributed by atoms with E-state index in [0.717, 1.165) is 28.9 Å². The van der Waals surface area contributed by atoms with Crippen LogP contribution in [0.3, 0.4) is 0 Å². The minimum absolute atomic E-state index is 0.0581. The number of nitrogens with zero attached hydrogens (tertiary/aromatic N) is 1. The maximum atomic E-state index is 13.3. The molecule has 1 amide bonds. The fourth-order valence-electron chi connectivity index (χ4n) is 4.81. The number of ether oxygens (including phenoxy) is 2. The maximum Gasteiger partial charge on any atom is 0.295 e. The van der Waals surface area contributed by atoms with Gasteiger partial charge in [0.05, 0.1) is 18.2 Å². The molecule has 1 fully saturated rings. The molecule has 0 spiro atoms. The molecule has 1 N–H and O–H groups in total. The van der Waals surface area contributed by atoms with Crippen LogP contribution in [0.5, 0.6) is 11.5 Å². The summed E-state index contributed by atoms with van der Waals surface area (Å²) in [5.74, 6) is -0.0272. The van der Waals surface area contributed by atoms with Gasteiger partial charge in [-0.2, -0.15) is 0 Å². The zero-order valence-electron chi connectivity index (χ0n) is 19.7. The van der Waals surface area contributed by atoms with Crippen molar-refractivity contribution < 1.29 is 24.2 Å². The van der Waals surface area contributed by atoms with Gasteiger partial charge in [-0.1, -0.05) is 42.5 Å². The predicted octanol–water partition coefficient (Wildman–Crippen LogP) is 5.03. The minimum atomic E-state index is -0.727. The maximum absolute atomic E-state index is 13.3. The van der Waals surface area contributed by atoms with Gasteiger partial charge in [0.25, 0.3) is 11.7 Å². The first kappa shape index (κ1) is 22.7. The van der Waals surface area contributed by atoms with Crippen molar-refractivity contribution in [1.29, 1.82) is 0 Å². The molecule has 5 rings (SSSR count). The summed E-state index contributed by atoms with van der Waals surface area (Å²) in [6.07, 6.45) is 0.781. The van der Waals surface area contributed by atoms with Crippen LogP contribution < -0.4 is 9.47 Å². The summed E-state index contributed by atoms with van der Waals surface area (Å²) in [5.41, 5.74) is 3.17. The second-order valence-corrected chi connectivity index (χ2v) is 8.87. The highest BCUT2D eigenvalue weighted by Crippen LogP contribution is 2.41. The summed E-state index contributed by atoms with van der Waals surface area (Å²) >= 11 is 0. The first-order valence-corrected chi connectivity index (χ1v) is 11.8. The summed E-state index contributed by atoms with van der Waals surface area (Å²) in [4.78, 5) is 28.1. The fraction of sp³-hybridized carbons (Fsp3) is 0.241. The minimum Gasteiger partial charge on any atom is -0.507 e. The Hall–Kier alpha value is -4.06. The van der Waals surface area contributed by atoms with Crippen LogP contribution in [0.4, 0.5) is 0 Å². The van der Waals surface area contributed by atoms with Gasteiger partial charge in [0.1, 0.15) is 23.4 Å². The first-order chi connectivity index (χ1) is 17.0. The Bertz CT molecular complexity index is 1300. The van der Waals surface area contributed by atoms with Crippen LogP contribution in [0, 0.1) is 0 Å². The quantitative estimate of drug-likeness (QED) is 0.311. The highest BCUT2D eigenvalue weighted by molar-refractivity contribution is 6.46. The Kier molecular flexibility index (Phi) is 6.03. The van der Waals surface area contributed by atoms with Crippen LogP contribution in [-0.2, 0) is 22.6 Å². The number of fused-ring (bicyclic) bond motifs is 1. The normalized spacial score (nSPS) is 20.6. The monoisotopic (exact) mass is 469 g/mol. The van der Waals surface area contributed by atoms with Gasteiger partial charge in [0.15, 0.2) is 0 Å². The Labute approximate surface area is 204 Å². The van der Waals surface area contributed by atoms with E-state index < -0.39 is 17.7 Å². The SMILES string of the molecule is CCOc1ccc(C2/C(=C(/O)c3ccc4c(c3)CC(C)O4)C(=O)C(=O)N2Cc2ccccc2)cc1. The second kappa shape index (κ2) is 9.29. The molecule has 2 unspecified atom stereocenters. The molecule has 3 aromatic carbocycles. The molecule has 35 heavy (non-hydrogen) atoms. The van der Waals surface area contributed by atoms with Crippen LogP contribution >= 0.6 is 0 Å². The molecule has 0 radical (unpaired) electrons. The van der Waals surface area contributed by atoms with E-state index in [-0.39, 0.29) is 24.0 Å². The van der Waals surface area contributed by atoms with Gasteiger partial charge < -0.3 is 19.5 Å². The van der Waals surface area contributed by atoms with Crippen LogP contribution in [0.1, 0.15) is 42.1 Å². The summed E-state index contributed by atoms with van der Waals surface area (Å²) in [5, 5.41) is 11.4. The third kappa shape index (κ3) is 4.28. The Morgan fingerprint density at radius 3 is 2.51 bits per heavy atom. The molecule has 0 aliphatic carbocycles. The van der Waals surface area contributed by atoms with Gasteiger partial charge >= 0.3 is 0 Å². The Morgan fingerprint density at radius 1 is 1.06 bits per heavy atom. The lowest BCUT2D eigenvalue weighted by atomic mass is 9.94. The van der Waals surface area contributed by atoms with E-state index >= 15 is 0 Å². The number of amides is 1. The summed E-state index contributed by atoms with van der Waals surface area (Å²) in [6.45, 7) is 4.67. The standard InChI is InChI=1S/C29H27NO5/c1-3-34-23-12-9-20(10-13-23)26-25(27(31)21-11-14-24-22(16-21)15-18(2)35-24)28(32)29(33)30(26)17-19-7-5-4-6-8-19/h4-14,16,18,26,31H,3,15,17H2,1-2H3/b27-25-. The van der Waals surface area contributed by atoms with Crippen molar-refractivity contribution in [3.63, 3.8) is 0 Å². The predicted molar refractivity (Wildman–Crippen MR) is 132 cm³/mol. The number of carbonyl (C=O) groups is 2. The molecular formula is C29H27NO5. The van der Waals surface area contributed by atoms with Crippen LogP contribution in [0.15, 0.2) is 78.4 Å². The number of aliphatic hydroxyl groups excluding tert-OH is 1. The molecule has 6 nitrogen and oxygen atoms in total. The third-order valence-electron chi connectivity index (χ3n) is 6.41. The van der Waals surface area contributed by atoms with E-state index in [1.165, 1.54) is 4.90 Å². The molecule has 0 bridgehead atoms. The lowest BCUT2D eigenvalue weighted by molar-refractivity contribution is -0.140. The zero-order chi connectivity index (χ0) is 24.5. The van der Waals surface area contributed by atoms with Gasteiger partial charge in [0.2, 0.25) is 0 Å². The van der Waals surface area contributed by atoms with E-state index in [9.17, 15) is 14.7 Å². The molecule has 0 aromatic heterocycles. The van der Waals surface area contributed by atoms with E-state index in [0.29, 0.717) is 17.9 Å². The molecule has 2 heterocycles. The molecule has 2 atom stereocenters. The highest BCUT2D eigenvalue weighted by Gasteiger charge is 2.46. The van der Waals surface area contributed by atoms with Crippen molar-refractivity contribution in [2.75, 3.05) is 6.61 Å². The molecule has 2 aliphatic heterocycles. The average Bonchev–Trinajstić information content (AvgIpc) is 3.36. The average molecular weight is 470 g/mol. The fourth-order valence-corrected chi connectivity index (χ4v) is 4.81. The second-order valence-electron chi connectivity index (χ2n) is 8.87. The topological polar surface area (TPSA) is 76.1 Å². The largest absolute Gasteiger partial charge is 0.507 e. The van der Waals surface area contributed by atoms with Crippen LogP contribution in [0.25, 0.3) is 5.76 Å².